The second kappa shape index (κ2) is 6.97. The average Bonchev–Trinajstić information content (AvgIpc) is 2.43. The van der Waals surface area contributed by atoms with Gasteiger partial charge >= 0.3 is 6.18 Å². The number of amides is 1. The van der Waals surface area contributed by atoms with Gasteiger partial charge in [0.2, 0.25) is 5.91 Å². The van der Waals surface area contributed by atoms with Crippen molar-refractivity contribution in [2.75, 3.05) is 25.0 Å². The van der Waals surface area contributed by atoms with E-state index in [0.29, 0.717) is 6.54 Å². The molecule has 1 N–H and O–H groups in total. The lowest BCUT2D eigenvalue weighted by atomic mass is 10.1. The minimum Gasteiger partial charge on any atom is -0.365 e. The first-order chi connectivity index (χ1) is 9.79. The summed E-state index contributed by atoms with van der Waals surface area (Å²) in [5, 5.41) is 11.4. The van der Waals surface area contributed by atoms with Crippen LogP contribution in [0.3, 0.4) is 0 Å². The van der Waals surface area contributed by atoms with E-state index in [1.165, 1.54) is 24.1 Å². The Morgan fingerprint density at radius 2 is 2.10 bits per heavy atom. The van der Waals surface area contributed by atoms with Crippen LogP contribution in [0.1, 0.15) is 24.5 Å². The first kappa shape index (κ1) is 16.8. The van der Waals surface area contributed by atoms with Gasteiger partial charge in [0.15, 0.2) is 0 Å². The largest absolute Gasteiger partial charge is 0.417 e. The third kappa shape index (κ3) is 4.67. The van der Waals surface area contributed by atoms with Gasteiger partial charge in [0.05, 0.1) is 23.7 Å². The second-order valence-electron chi connectivity index (χ2n) is 4.55. The van der Waals surface area contributed by atoms with Gasteiger partial charge in [-0.3, -0.25) is 4.79 Å². The molecule has 0 aliphatic carbocycles. The molecular weight excluding hydrogens is 283 g/mol. The molecule has 0 unspecified atom stereocenters. The summed E-state index contributed by atoms with van der Waals surface area (Å²) in [6.45, 7) is 2.37. The van der Waals surface area contributed by atoms with Gasteiger partial charge in [0, 0.05) is 19.3 Å². The number of carbonyl (C=O) groups is 1. The molecule has 0 aromatic heterocycles. The first-order valence-electron chi connectivity index (χ1n) is 6.38. The molecule has 7 heteroatoms. The second-order valence-corrected chi connectivity index (χ2v) is 4.55. The molecule has 0 saturated carbocycles. The maximum atomic E-state index is 12.9. The number of hydrogen-bond acceptors (Lipinski definition) is 3. The molecule has 4 nitrogen and oxygen atoms in total. The van der Waals surface area contributed by atoms with E-state index < -0.39 is 17.3 Å². The molecule has 0 spiro atoms. The van der Waals surface area contributed by atoms with Crippen molar-refractivity contribution in [3.63, 3.8) is 0 Å². The number of carbonyl (C=O) groups excluding carboxylic acids is 1. The van der Waals surface area contributed by atoms with Gasteiger partial charge in [0.25, 0.3) is 0 Å². The minimum absolute atomic E-state index is 0.0524. The molecule has 0 saturated heterocycles. The normalized spacial score (nSPS) is 10.9. The molecule has 1 rings (SSSR count). The predicted octanol–water partition coefficient (Wildman–Crippen LogP) is 2.54. The van der Waals surface area contributed by atoms with E-state index in [1.54, 1.807) is 0 Å². The SMILES string of the molecule is CCCNC(=O)CN(C)c1ccc(C#N)c(C(F)(F)F)c1. The van der Waals surface area contributed by atoms with Gasteiger partial charge in [-0.2, -0.15) is 18.4 Å². The molecule has 0 heterocycles. The van der Waals surface area contributed by atoms with Crippen LogP contribution in [0.4, 0.5) is 18.9 Å². The summed E-state index contributed by atoms with van der Waals surface area (Å²) in [6, 6.07) is 4.90. The number of likely N-dealkylation sites (N-methyl/N-ethyl adjacent to an activating group) is 1. The molecule has 114 valence electrons. The average molecular weight is 299 g/mol. The van der Waals surface area contributed by atoms with Crippen molar-refractivity contribution >= 4 is 11.6 Å². The Morgan fingerprint density at radius 1 is 1.43 bits per heavy atom. The smallest absolute Gasteiger partial charge is 0.365 e. The molecule has 1 aromatic rings. The van der Waals surface area contributed by atoms with Crippen molar-refractivity contribution in [2.24, 2.45) is 0 Å². The molecule has 0 atom stereocenters. The van der Waals surface area contributed by atoms with Crippen LogP contribution in [0.2, 0.25) is 0 Å². The summed E-state index contributed by atoms with van der Waals surface area (Å²) in [5.74, 6) is -0.266. The van der Waals surface area contributed by atoms with Gasteiger partial charge in [0.1, 0.15) is 0 Å². The van der Waals surface area contributed by atoms with Crippen LogP contribution in [0.25, 0.3) is 0 Å². The van der Waals surface area contributed by atoms with Crippen LogP contribution < -0.4 is 10.2 Å². The van der Waals surface area contributed by atoms with Gasteiger partial charge < -0.3 is 10.2 Å². The van der Waals surface area contributed by atoms with Crippen molar-refractivity contribution < 1.29 is 18.0 Å². The van der Waals surface area contributed by atoms with E-state index in [0.717, 1.165) is 18.6 Å². The van der Waals surface area contributed by atoms with Gasteiger partial charge in [-0.05, 0) is 24.6 Å². The lowest BCUT2D eigenvalue weighted by molar-refractivity contribution is -0.137. The third-order valence-corrected chi connectivity index (χ3v) is 2.82. The monoisotopic (exact) mass is 299 g/mol. The van der Waals surface area contributed by atoms with Crippen LogP contribution in [-0.2, 0) is 11.0 Å². The lowest BCUT2D eigenvalue weighted by Gasteiger charge is -2.20. The Hall–Kier alpha value is -2.23. The lowest BCUT2D eigenvalue weighted by Crippen LogP contribution is -2.35. The van der Waals surface area contributed by atoms with E-state index in [4.69, 9.17) is 5.26 Å². The third-order valence-electron chi connectivity index (χ3n) is 2.82. The highest BCUT2D eigenvalue weighted by molar-refractivity contribution is 5.81. The van der Waals surface area contributed by atoms with E-state index in [-0.39, 0.29) is 18.1 Å². The maximum absolute atomic E-state index is 12.9. The Bertz CT molecular complexity index is 549. The van der Waals surface area contributed by atoms with Crippen molar-refractivity contribution in [1.29, 1.82) is 5.26 Å². The molecule has 0 aliphatic rings. The summed E-state index contributed by atoms with van der Waals surface area (Å²) in [4.78, 5) is 13.0. The quantitative estimate of drug-likeness (QED) is 0.909. The minimum atomic E-state index is -4.60. The Balaban J connectivity index is 2.94. The summed E-state index contributed by atoms with van der Waals surface area (Å²) in [5.41, 5.74) is -1.20. The van der Waals surface area contributed by atoms with Crippen molar-refractivity contribution in [1.82, 2.24) is 5.32 Å². The number of halogens is 3. The number of rotatable bonds is 5. The number of hydrogen-bond donors (Lipinski definition) is 1. The zero-order valence-electron chi connectivity index (χ0n) is 11.8. The number of anilines is 1. The summed E-state index contributed by atoms with van der Waals surface area (Å²) < 4.78 is 38.6. The molecule has 1 aromatic carbocycles. The zero-order valence-corrected chi connectivity index (χ0v) is 11.8. The molecular formula is C14H16F3N3O. The van der Waals surface area contributed by atoms with Gasteiger partial charge in [-0.25, -0.2) is 0 Å². The molecule has 1 amide bonds. The topological polar surface area (TPSA) is 56.1 Å². The van der Waals surface area contributed by atoms with E-state index in [9.17, 15) is 18.0 Å². The van der Waals surface area contributed by atoms with Crippen LogP contribution in [-0.4, -0.2) is 26.0 Å². The number of nitriles is 1. The summed E-state index contributed by atoms with van der Waals surface area (Å²) in [6.07, 6.45) is -3.82. The first-order valence-corrected chi connectivity index (χ1v) is 6.38. The highest BCUT2D eigenvalue weighted by Crippen LogP contribution is 2.34. The number of benzene rings is 1. The molecule has 0 radical (unpaired) electrons. The van der Waals surface area contributed by atoms with Crippen molar-refractivity contribution in [3.05, 3.63) is 29.3 Å². The summed E-state index contributed by atoms with van der Waals surface area (Å²) >= 11 is 0. The van der Waals surface area contributed by atoms with E-state index in [2.05, 4.69) is 5.32 Å². The number of alkyl halides is 3. The Kier molecular flexibility index (Phi) is 5.59. The van der Waals surface area contributed by atoms with E-state index >= 15 is 0 Å². The molecule has 0 fully saturated rings. The standard InChI is InChI=1S/C14H16F3N3O/c1-3-6-19-13(21)9-20(2)11-5-4-10(8-18)12(7-11)14(15,16)17/h4-5,7H,3,6,9H2,1-2H3,(H,19,21). The fraction of sp³-hybridized carbons (Fsp3) is 0.429. The summed E-state index contributed by atoms with van der Waals surface area (Å²) in [7, 11) is 1.52. The molecule has 0 bridgehead atoms. The predicted molar refractivity (Wildman–Crippen MR) is 72.7 cm³/mol. The van der Waals surface area contributed by atoms with E-state index in [1.807, 2.05) is 6.92 Å². The zero-order chi connectivity index (χ0) is 16.0. The fourth-order valence-electron chi connectivity index (χ4n) is 1.73. The number of nitrogens with one attached hydrogen (secondary N) is 1. The molecule has 21 heavy (non-hydrogen) atoms. The fourth-order valence-corrected chi connectivity index (χ4v) is 1.73. The highest BCUT2D eigenvalue weighted by atomic mass is 19.4. The van der Waals surface area contributed by atoms with Crippen molar-refractivity contribution in [2.45, 2.75) is 19.5 Å². The van der Waals surface area contributed by atoms with Gasteiger partial charge in [-0.15, -0.1) is 0 Å². The van der Waals surface area contributed by atoms with Crippen LogP contribution >= 0.6 is 0 Å². The Morgan fingerprint density at radius 3 is 2.62 bits per heavy atom. The van der Waals surface area contributed by atoms with Gasteiger partial charge in [-0.1, -0.05) is 6.92 Å². The number of nitrogens with zero attached hydrogens (tertiary/aromatic N) is 2. The molecule has 0 aliphatic heterocycles. The maximum Gasteiger partial charge on any atom is 0.417 e. The Labute approximate surface area is 121 Å². The van der Waals surface area contributed by atoms with Crippen LogP contribution in [0.15, 0.2) is 18.2 Å². The van der Waals surface area contributed by atoms with Crippen LogP contribution in [0.5, 0.6) is 0 Å². The highest BCUT2D eigenvalue weighted by Gasteiger charge is 2.34. The van der Waals surface area contributed by atoms with Crippen LogP contribution in [0, 0.1) is 11.3 Å². The van der Waals surface area contributed by atoms with Crippen molar-refractivity contribution in [3.8, 4) is 6.07 Å².